The minimum Gasteiger partial charge on any atom is -0.497 e. The first kappa shape index (κ1) is 21.0. The Morgan fingerprint density at radius 3 is 2.24 bits per heavy atom. The van der Waals surface area contributed by atoms with Gasteiger partial charge >= 0.3 is 0 Å². The van der Waals surface area contributed by atoms with Crippen molar-refractivity contribution in [3.05, 3.63) is 83.1 Å². The van der Waals surface area contributed by atoms with Gasteiger partial charge in [-0.05, 0) is 48.5 Å². The first-order chi connectivity index (χ1) is 13.9. The first-order valence-corrected chi connectivity index (χ1v) is 10.4. The van der Waals surface area contributed by atoms with E-state index in [0.717, 1.165) is 4.31 Å². The molecule has 0 aliphatic rings. The van der Waals surface area contributed by atoms with Gasteiger partial charge in [-0.15, -0.1) is 0 Å². The lowest BCUT2D eigenvalue weighted by Crippen LogP contribution is -2.31. The van der Waals surface area contributed by atoms with E-state index in [1.165, 1.54) is 44.6 Å². The van der Waals surface area contributed by atoms with Gasteiger partial charge in [0.05, 0.1) is 31.3 Å². The number of sulfonamides is 1. The van der Waals surface area contributed by atoms with Gasteiger partial charge in [-0.1, -0.05) is 29.8 Å². The molecule has 0 heterocycles. The Morgan fingerprint density at radius 1 is 0.931 bits per heavy atom. The lowest BCUT2D eigenvalue weighted by Gasteiger charge is -2.26. The van der Waals surface area contributed by atoms with Gasteiger partial charge in [0.15, 0.2) is 0 Å². The molecule has 0 aromatic heterocycles. The van der Waals surface area contributed by atoms with Gasteiger partial charge in [-0.3, -0.25) is 4.31 Å². The lowest BCUT2D eigenvalue weighted by atomic mass is 10.2. The Labute approximate surface area is 174 Å². The van der Waals surface area contributed by atoms with Gasteiger partial charge in [-0.25, -0.2) is 12.8 Å². The predicted octanol–water partition coefficient (Wildman–Crippen LogP) is 4.89. The molecule has 29 heavy (non-hydrogen) atoms. The Kier molecular flexibility index (Phi) is 6.30. The van der Waals surface area contributed by atoms with Crippen molar-refractivity contribution >= 4 is 27.3 Å². The third kappa shape index (κ3) is 4.31. The van der Waals surface area contributed by atoms with Gasteiger partial charge in [-0.2, -0.15) is 0 Å². The molecule has 0 amide bonds. The molecule has 0 unspecified atom stereocenters. The Morgan fingerprint density at radius 2 is 1.62 bits per heavy atom. The molecule has 0 fully saturated rings. The average Bonchev–Trinajstić information content (AvgIpc) is 2.73. The number of halogens is 2. The van der Waals surface area contributed by atoms with E-state index >= 15 is 0 Å². The van der Waals surface area contributed by atoms with Crippen LogP contribution in [-0.2, 0) is 16.6 Å². The van der Waals surface area contributed by atoms with E-state index in [-0.39, 0.29) is 27.7 Å². The second-order valence-corrected chi connectivity index (χ2v) is 8.33. The second kappa shape index (κ2) is 8.71. The van der Waals surface area contributed by atoms with Gasteiger partial charge in [0.1, 0.15) is 17.3 Å². The molecule has 152 valence electrons. The monoisotopic (exact) mass is 435 g/mol. The largest absolute Gasteiger partial charge is 0.497 e. The van der Waals surface area contributed by atoms with Crippen LogP contribution in [0.2, 0.25) is 5.02 Å². The van der Waals surface area contributed by atoms with E-state index in [2.05, 4.69) is 0 Å². The molecule has 0 bridgehead atoms. The summed E-state index contributed by atoms with van der Waals surface area (Å²) < 4.78 is 52.9. The van der Waals surface area contributed by atoms with Crippen LogP contribution in [-0.4, -0.2) is 22.6 Å². The number of methoxy groups -OCH3 is 2. The number of rotatable bonds is 7. The van der Waals surface area contributed by atoms with Crippen molar-refractivity contribution in [2.24, 2.45) is 0 Å². The summed E-state index contributed by atoms with van der Waals surface area (Å²) >= 11 is 6.16. The number of hydrogen-bond acceptors (Lipinski definition) is 4. The Bertz CT molecular complexity index is 1080. The highest BCUT2D eigenvalue weighted by atomic mass is 35.5. The lowest BCUT2D eigenvalue weighted by molar-refractivity contribution is 0.414. The van der Waals surface area contributed by atoms with Crippen LogP contribution < -0.4 is 13.8 Å². The van der Waals surface area contributed by atoms with Crippen LogP contribution in [0.25, 0.3) is 0 Å². The summed E-state index contributed by atoms with van der Waals surface area (Å²) in [5.41, 5.74) is 0.335. The van der Waals surface area contributed by atoms with Crippen molar-refractivity contribution in [2.75, 3.05) is 18.5 Å². The van der Waals surface area contributed by atoms with Crippen molar-refractivity contribution in [3.63, 3.8) is 0 Å². The molecule has 0 spiro atoms. The average molecular weight is 436 g/mol. The standard InChI is InChI=1S/C21H19ClFNO4S/c1-27-15-10-12-16(13-11-15)29(25,26)24(20-8-3-4-9-21(20)28-2)14-17-18(22)6-5-7-19(17)23/h3-13H,14H2,1-2H3. The highest BCUT2D eigenvalue weighted by Crippen LogP contribution is 2.35. The van der Waals surface area contributed by atoms with Crippen LogP contribution in [0.4, 0.5) is 10.1 Å². The maximum atomic E-state index is 14.4. The molecule has 0 saturated carbocycles. The van der Waals surface area contributed by atoms with E-state index in [1.807, 2.05) is 0 Å². The van der Waals surface area contributed by atoms with Crippen LogP contribution in [0.3, 0.4) is 0 Å². The van der Waals surface area contributed by atoms with Crippen molar-refractivity contribution in [1.82, 2.24) is 0 Å². The van der Waals surface area contributed by atoms with Crippen molar-refractivity contribution in [2.45, 2.75) is 11.4 Å². The van der Waals surface area contributed by atoms with E-state index in [4.69, 9.17) is 21.1 Å². The van der Waals surface area contributed by atoms with Gasteiger partial charge in [0.25, 0.3) is 10.0 Å². The minimum atomic E-state index is -4.07. The summed E-state index contributed by atoms with van der Waals surface area (Å²) in [6, 6.07) is 16.8. The fourth-order valence-electron chi connectivity index (χ4n) is 2.84. The molecule has 3 aromatic carbocycles. The summed E-state index contributed by atoms with van der Waals surface area (Å²) in [5.74, 6) is 0.254. The quantitative estimate of drug-likeness (QED) is 0.530. The zero-order chi connectivity index (χ0) is 21.0. The maximum Gasteiger partial charge on any atom is 0.264 e. The normalized spacial score (nSPS) is 11.2. The zero-order valence-corrected chi connectivity index (χ0v) is 17.4. The molecule has 0 radical (unpaired) electrons. The molecule has 0 saturated heterocycles. The molecule has 0 aliphatic carbocycles. The molecular weight excluding hydrogens is 417 g/mol. The number of hydrogen-bond donors (Lipinski definition) is 0. The van der Waals surface area contributed by atoms with E-state index in [1.54, 1.807) is 36.4 Å². The van der Waals surface area contributed by atoms with Crippen molar-refractivity contribution in [3.8, 4) is 11.5 Å². The van der Waals surface area contributed by atoms with E-state index in [9.17, 15) is 12.8 Å². The van der Waals surface area contributed by atoms with Crippen molar-refractivity contribution < 1.29 is 22.3 Å². The Balaban J connectivity index is 2.16. The Hall–Kier alpha value is -2.77. The van der Waals surface area contributed by atoms with Crippen molar-refractivity contribution in [1.29, 1.82) is 0 Å². The summed E-state index contributed by atoms with van der Waals surface area (Å²) in [5, 5.41) is 0.134. The second-order valence-electron chi connectivity index (χ2n) is 6.06. The highest BCUT2D eigenvalue weighted by Gasteiger charge is 2.29. The van der Waals surface area contributed by atoms with E-state index in [0.29, 0.717) is 11.5 Å². The third-order valence-corrected chi connectivity index (χ3v) is 6.49. The molecule has 0 atom stereocenters. The summed E-state index contributed by atoms with van der Waals surface area (Å²) in [6.45, 7) is -0.305. The van der Waals surface area contributed by atoms with Crippen LogP contribution in [0.5, 0.6) is 11.5 Å². The predicted molar refractivity (Wildman–Crippen MR) is 111 cm³/mol. The highest BCUT2D eigenvalue weighted by molar-refractivity contribution is 7.92. The summed E-state index contributed by atoms with van der Waals surface area (Å²) in [7, 11) is -1.14. The van der Waals surface area contributed by atoms with E-state index < -0.39 is 15.8 Å². The fraction of sp³-hybridized carbons (Fsp3) is 0.143. The number of nitrogens with zero attached hydrogens (tertiary/aromatic N) is 1. The number of ether oxygens (including phenoxy) is 2. The molecule has 3 rings (SSSR count). The first-order valence-electron chi connectivity index (χ1n) is 8.61. The molecule has 3 aromatic rings. The maximum absolute atomic E-state index is 14.4. The van der Waals surface area contributed by atoms with Crippen LogP contribution in [0.15, 0.2) is 71.6 Å². The molecular formula is C21H19ClFNO4S. The third-order valence-electron chi connectivity index (χ3n) is 4.36. The summed E-state index contributed by atoms with van der Waals surface area (Å²) in [6.07, 6.45) is 0. The van der Waals surface area contributed by atoms with Crippen LogP contribution >= 0.6 is 11.6 Å². The minimum absolute atomic E-state index is 0.0247. The SMILES string of the molecule is COc1ccc(S(=O)(=O)N(Cc2c(F)cccc2Cl)c2ccccc2OC)cc1. The topological polar surface area (TPSA) is 55.8 Å². The van der Waals surface area contributed by atoms with Crippen LogP contribution in [0.1, 0.15) is 5.56 Å². The molecule has 8 heteroatoms. The smallest absolute Gasteiger partial charge is 0.264 e. The molecule has 5 nitrogen and oxygen atoms in total. The number of anilines is 1. The fourth-order valence-corrected chi connectivity index (χ4v) is 4.50. The molecule has 0 aliphatic heterocycles. The number of para-hydroxylation sites is 2. The summed E-state index contributed by atoms with van der Waals surface area (Å²) in [4.78, 5) is 0.0247. The van der Waals surface area contributed by atoms with Gasteiger partial charge in [0, 0.05) is 10.6 Å². The van der Waals surface area contributed by atoms with Crippen LogP contribution in [0, 0.1) is 5.82 Å². The van der Waals surface area contributed by atoms with Gasteiger partial charge in [0.2, 0.25) is 0 Å². The number of benzene rings is 3. The van der Waals surface area contributed by atoms with Gasteiger partial charge < -0.3 is 9.47 Å². The molecule has 0 N–H and O–H groups in total. The zero-order valence-electron chi connectivity index (χ0n) is 15.8.